The summed E-state index contributed by atoms with van der Waals surface area (Å²) in [7, 11) is 0. The second kappa shape index (κ2) is 6.60. The zero-order valence-corrected chi connectivity index (χ0v) is 9.24. The monoisotopic (exact) mass is 234 g/mol. The molecule has 0 radical (unpaired) electrons. The molecule has 17 heavy (non-hydrogen) atoms. The van der Waals surface area contributed by atoms with Gasteiger partial charge in [0.2, 0.25) is 0 Å². The summed E-state index contributed by atoms with van der Waals surface area (Å²) in [4.78, 5) is 21.4. The minimum absolute atomic E-state index is 0.171. The maximum Gasteiger partial charge on any atom is 0.310 e. The van der Waals surface area contributed by atoms with Crippen LogP contribution in [0.15, 0.2) is 36.4 Å². The van der Waals surface area contributed by atoms with Crippen molar-refractivity contribution in [1.29, 1.82) is 0 Å². The number of hydrogen-bond acceptors (Lipinski definition) is 3. The van der Waals surface area contributed by atoms with Gasteiger partial charge in [0, 0.05) is 6.42 Å². The van der Waals surface area contributed by atoms with Crippen LogP contribution in [0.1, 0.15) is 18.4 Å². The van der Waals surface area contributed by atoms with Crippen molar-refractivity contribution >= 4 is 17.8 Å². The van der Waals surface area contributed by atoms with Crippen molar-refractivity contribution in [3.63, 3.8) is 0 Å². The van der Waals surface area contributed by atoms with Gasteiger partial charge < -0.3 is 10.2 Å². The predicted octanol–water partition coefficient (Wildman–Crippen LogP) is 1.49. The summed E-state index contributed by atoms with van der Waals surface area (Å²) in [5.41, 5.74) is 0.914. The molecule has 1 aromatic rings. The molecule has 0 bridgehead atoms. The number of aliphatic hydroxyl groups is 1. The first kappa shape index (κ1) is 13.1. The first-order valence-corrected chi connectivity index (χ1v) is 5.22. The number of aliphatic hydroxyl groups excluding tert-OH is 1. The SMILES string of the molecule is O=C(O)CC(=O)C[C@H](O)C=Cc1ccccc1. The minimum Gasteiger partial charge on any atom is -0.481 e. The number of hydrogen-bond donors (Lipinski definition) is 2. The molecule has 0 heterocycles. The van der Waals surface area contributed by atoms with E-state index in [-0.39, 0.29) is 6.42 Å². The van der Waals surface area contributed by atoms with Crippen LogP contribution in [0.5, 0.6) is 0 Å². The molecule has 90 valence electrons. The number of carbonyl (C=O) groups excluding carboxylic acids is 1. The molecule has 0 amide bonds. The van der Waals surface area contributed by atoms with E-state index in [0.717, 1.165) is 5.56 Å². The Hall–Kier alpha value is -1.94. The van der Waals surface area contributed by atoms with E-state index < -0.39 is 24.3 Å². The smallest absolute Gasteiger partial charge is 0.310 e. The van der Waals surface area contributed by atoms with Gasteiger partial charge in [-0.1, -0.05) is 42.5 Å². The van der Waals surface area contributed by atoms with E-state index in [1.54, 1.807) is 6.08 Å². The molecule has 2 N–H and O–H groups in total. The van der Waals surface area contributed by atoms with Gasteiger partial charge in [0.1, 0.15) is 12.2 Å². The number of Topliss-reactive ketones (excluding diaryl/α,β-unsaturated/α-hetero) is 1. The van der Waals surface area contributed by atoms with E-state index in [1.165, 1.54) is 6.08 Å². The van der Waals surface area contributed by atoms with Crippen LogP contribution in [0, 0.1) is 0 Å². The van der Waals surface area contributed by atoms with Crippen molar-refractivity contribution in [2.75, 3.05) is 0 Å². The van der Waals surface area contributed by atoms with Gasteiger partial charge in [-0.25, -0.2) is 0 Å². The highest BCUT2D eigenvalue weighted by molar-refractivity contribution is 5.95. The van der Waals surface area contributed by atoms with E-state index >= 15 is 0 Å². The third-order valence-electron chi connectivity index (χ3n) is 2.10. The molecule has 1 aromatic carbocycles. The van der Waals surface area contributed by atoms with Crippen molar-refractivity contribution < 1.29 is 19.8 Å². The van der Waals surface area contributed by atoms with Gasteiger partial charge in [0.05, 0.1) is 6.10 Å². The summed E-state index contributed by atoms with van der Waals surface area (Å²) in [6.07, 6.45) is 1.52. The molecule has 4 heteroatoms. The number of carboxylic acids is 1. The van der Waals surface area contributed by atoms with Crippen LogP contribution in [0.25, 0.3) is 6.08 Å². The van der Waals surface area contributed by atoms with Crippen LogP contribution in [0.4, 0.5) is 0 Å². The third-order valence-corrected chi connectivity index (χ3v) is 2.10. The second-order valence-electron chi connectivity index (χ2n) is 3.65. The lowest BCUT2D eigenvalue weighted by Crippen LogP contribution is -2.14. The van der Waals surface area contributed by atoms with Crippen molar-refractivity contribution in [2.24, 2.45) is 0 Å². The van der Waals surface area contributed by atoms with Crippen LogP contribution >= 0.6 is 0 Å². The quantitative estimate of drug-likeness (QED) is 0.731. The van der Waals surface area contributed by atoms with Gasteiger partial charge >= 0.3 is 5.97 Å². The summed E-state index contributed by atoms with van der Waals surface area (Å²) in [6.45, 7) is 0. The lowest BCUT2D eigenvalue weighted by Gasteiger charge is -2.02. The number of rotatable bonds is 6. The van der Waals surface area contributed by atoms with Gasteiger partial charge in [0.15, 0.2) is 0 Å². The van der Waals surface area contributed by atoms with Gasteiger partial charge in [-0.2, -0.15) is 0 Å². The van der Waals surface area contributed by atoms with Crippen LogP contribution in [-0.4, -0.2) is 28.1 Å². The fourth-order valence-electron chi connectivity index (χ4n) is 1.33. The fraction of sp³-hybridized carbons (Fsp3) is 0.231. The number of carbonyl (C=O) groups is 2. The second-order valence-corrected chi connectivity index (χ2v) is 3.65. The number of carboxylic acid groups (broad SMARTS) is 1. The maximum atomic E-state index is 11.1. The first-order chi connectivity index (χ1) is 8.08. The Morgan fingerprint density at radius 2 is 1.88 bits per heavy atom. The summed E-state index contributed by atoms with van der Waals surface area (Å²) in [6, 6.07) is 9.33. The van der Waals surface area contributed by atoms with E-state index in [2.05, 4.69) is 0 Å². The van der Waals surface area contributed by atoms with Gasteiger partial charge in [-0.05, 0) is 5.56 Å². The Morgan fingerprint density at radius 3 is 2.47 bits per heavy atom. The molecule has 0 fully saturated rings. The average Bonchev–Trinajstić information content (AvgIpc) is 2.26. The largest absolute Gasteiger partial charge is 0.481 e. The Morgan fingerprint density at radius 1 is 1.24 bits per heavy atom. The molecule has 0 saturated heterocycles. The van der Waals surface area contributed by atoms with E-state index in [1.807, 2.05) is 30.3 Å². The lowest BCUT2D eigenvalue weighted by atomic mass is 10.1. The standard InChI is InChI=1S/C13H14O4/c14-11(8-12(15)9-13(16)17)7-6-10-4-2-1-3-5-10/h1-7,11,14H,8-9H2,(H,16,17)/t11-/m1/s1. The zero-order valence-electron chi connectivity index (χ0n) is 9.24. The molecule has 0 saturated carbocycles. The van der Waals surface area contributed by atoms with Gasteiger partial charge in [-0.3, -0.25) is 9.59 Å². The molecule has 0 spiro atoms. The Labute approximate surface area is 99.2 Å². The Kier molecular flexibility index (Phi) is 5.10. The predicted molar refractivity (Wildman–Crippen MR) is 63.4 cm³/mol. The van der Waals surface area contributed by atoms with Gasteiger partial charge in [0.25, 0.3) is 0 Å². The molecule has 0 aliphatic rings. The summed E-state index contributed by atoms with van der Waals surface area (Å²) in [5.74, 6) is -1.66. The third kappa shape index (κ3) is 5.63. The molecule has 1 rings (SSSR count). The number of aliphatic carboxylic acids is 1. The summed E-state index contributed by atoms with van der Waals surface area (Å²) >= 11 is 0. The number of ketones is 1. The van der Waals surface area contributed by atoms with Crippen molar-refractivity contribution in [3.05, 3.63) is 42.0 Å². The Bertz CT molecular complexity index is 409. The van der Waals surface area contributed by atoms with Crippen molar-refractivity contribution in [1.82, 2.24) is 0 Å². The molecule has 0 unspecified atom stereocenters. The average molecular weight is 234 g/mol. The van der Waals surface area contributed by atoms with E-state index in [0.29, 0.717) is 0 Å². The molecule has 0 aromatic heterocycles. The van der Waals surface area contributed by atoms with Crippen LogP contribution in [0.3, 0.4) is 0 Å². The Balaban J connectivity index is 2.44. The van der Waals surface area contributed by atoms with E-state index in [9.17, 15) is 14.7 Å². The van der Waals surface area contributed by atoms with E-state index in [4.69, 9.17) is 5.11 Å². The van der Waals surface area contributed by atoms with Crippen LogP contribution in [-0.2, 0) is 9.59 Å². The van der Waals surface area contributed by atoms with Crippen LogP contribution in [0.2, 0.25) is 0 Å². The van der Waals surface area contributed by atoms with Crippen LogP contribution < -0.4 is 0 Å². The maximum absolute atomic E-state index is 11.1. The lowest BCUT2D eigenvalue weighted by molar-refractivity contribution is -0.140. The molecule has 0 aliphatic heterocycles. The summed E-state index contributed by atoms with van der Waals surface area (Å²) in [5, 5.41) is 17.9. The van der Waals surface area contributed by atoms with Crippen molar-refractivity contribution in [3.8, 4) is 0 Å². The highest BCUT2D eigenvalue weighted by Crippen LogP contribution is 2.05. The fourth-order valence-corrected chi connectivity index (χ4v) is 1.33. The first-order valence-electron chi connectivity index (χ1n) is 5.22. The molecular weight excluding hydrogens is 220 g/mol. The summed E-state index contributed by atoms with van der Waals surface area (Å²) < 4.78 is 0. The highest BCUT2D eigenvalue weighted by Gasteiger charge is 2.11. The molecular formula is C13H14O4. The zero-order chi connectivity index (χ0) is 12.7. The molecule has 1 atom stereocenters. The number of benzene rings is 1. The van der Waals surface area contributed by atoms with Gasteiger partial charge in [-0.15, -0.1) is 0 Å². The molecule has 4 nitrogen and oxygen atoms in total. The normalized spacial score (nSPS) is 12.5. The molecule has 0 aliphatic carbocycles. The highest BCUT2D eigenvalue weighted by atomic mass is 16.4. The topological polar surface area (TPSA) is 74.6 Å². The minimum atomic E-state index is -1.17. The van der Waals surface area contributed by atoms with Crippen molar-refractivity contribution in [2.45, 2.75) is 18.9 Å².